The van der Waals surface area contributed by atoms with Crippen LogP contribution in [0, 0.1) is 0 Å². The Kier molecular flexibility index (Phi) is 3.79. The zero-order valence-electron chi connectivity index (χ0n) is 7.84. The van der Waals surface area contributed by atoms with Crippen molar-refractivity contribution in [1.82, 2.24) is 0 Å². The van der Waals surface area contributed by atoms with Crippen LogP contribution in [0.4, 0.5) is 18.9 Å². The Labute approximate surface area is 97.5 Å². The lowest BCUT2D eigenvalue weighted by Crippen LogP contribution is -2.20. The summed E-state index contributed by atoms with van der Waals surface area (Å²) in [5.41, 5.74) is 5.62. The van der Waals surface area contributed by atoms with E-state index in [1.165, 1.54) is 18.2 Å². The van der Waals surface area contributed by atoms with Gasteiger partial charge in [0.15, 0.2) is 6.61 Å². The maximum atomic E-state index is 11.8. The standard InChI is InChI=1S/C9H7BrF3NO2/c10-7-2-1-5(14)3-6(7)8(15)16-4-9(11,12)13/h1-3H,4,14H2. The zero-order valence-corrected chi connectivity index (χ0v) is 9.43. The minimum Gasteiger partial charge on any atom is -0.452 e. The van der Waals surface area contributed by atoms with Crippen molar-refractivity contribution in [3.63, 3.8) is 0 Å². The fraction of sp³-hybridized carbons (Fsp3) is 0.222. The second-order valence-electron chi connectivity index (χ2n) is 2.93. The maximum absolute atomic E-state index is 11.8. The van der Waals surface area contributed by atoms with Gasteiger partial charge in [-0.25, -0.2) is 4.79 Å². The van der Waals surface area contributed by atoms with Crippen molar-refractivity contribution in [2.75, 3.05) is 12.3 Å². The number of carbonyl (C=O) groups excluding carboxylic acids is 1. The molecule has 0 saturated heterocycles. The molecule has 1 aromatic carbocycles. The smallest absolute Gasteiger partial charge is 0.422 e. The van der Waals surface area contributed by atoms with Gasteiger partial charge in [0.05, 0.1) is 5.56 Å². The molecule has 1 rings (SSSR count). The van der Waals surface area contributed by atoms with Crippen LogP contribution in [0.3, 0.4) is 0 Å². The number of alkyl halides is 3. The summed E-state index contributed by atoms with van der Waals surface area (Å²) in [6, 6.07) is 4.20. The summed E-state index contributed by atoms with van der Waals surface area (Å²) in [5, 5.41) is 0. The normalized spacial score (nSPS) is 11.2. The van der Waals surface area contributed by atoms with Gasteiger partial charge in [0.1, 0.15) is 0 Å². The van der Waals surface area contributed by atoms with Crippen molar-refractivity contribution in [1.29, 1.82) is 0 Å². The average molecular weight is 298 g/mol. The van der Waals surface area contributed by atoms with Crippen LogP contribution in [0.5, 0.6) is 0 Å². The summed E-state index contributed by atoms with van der Waals surface area (Å²) in [6.45, 7) is -1.62. The Hall–Kier alpha value is -1.24. The van der Waals surface area contributed by atoms with Crippen molar-refractivity contribution < 1.29 is 22.7 Å². The van der Waals surface area contributed by atoms with E-state index in [4.69, 9.17) is 5.73 Å². The molecule has 0 bridgehead atoms. The van der Waals surface area contributed by atoms with Crippen molar-refractivity contribution in [3.05, 3.63) is 28.2 Å². The van der Waals surface area contributed by atoms with Crippen LogP contribution in [-0.4, -0.2) is 18.8 Å². The number of halogens is 4. The van der Waals surface area contributed by atoms with E-state index in [1.54, 1.807) is 0 Å². The fourth-order valence-corrected chi connectivity index (χ4v) is 1.33. The van der Waals surface area contributed by atoms with Gasteiger partial charge in [0.2, 0.25) is 0 Å². The lowest BCUT2D eigenvalue weighted by atomic mass is 10.2. The number of nitrogen functional groups attached to an aromatic ring is 1. The number of rotatable bonds is 2. The third-order valence-corrected chi connectivity index (χ3v) is 2.27. The van der Waals surface area contributed by atoms with Crippen LogP contribution in [0.2, 0.25) is 0 Å². The van der Waals surface area contributed by atoms with Gasteiger partial charge >= 0.3 is 12.1 Å². The first-order chi connectivity index (χ1) is 7.29. The second-order valence-corrected chi connectivity index (χ2v) is 3.78. The number of nitrogens with two attached hydrogens (primary N) is 1. The SMILES string of the molecule is Nc1ccc(Br)c(C(=O)OCC(F)(F)F)c1. The summed E-state index contributed by atoms with van der Waals surface area (Å²) in [5.74, 6) is -1.07. The molecule has 88 valence electrons. The summed E-state index contributed by atoms with van der Waals surface area (Å²) in [4.78, 5) is 11.3. The number of ether oxygens (including phenoxy) is 1. The van der Waals surface area contributed by atoms with E-state index in [2.05, 4.69) is 20.7 Å². The van der Waals surface area contributed by atoms with Gasteiger partial charge in [-0.05, 0) is 34.1 Å². The van der Waals surface area contributed by atoms with Crippen LogP contribution >= 0.6 is 15.9 Å². The highest BCUT2D eigenvalue weighted by Crippen LogP contribution is 2.22. The molecule has 0 heterocycles. The molecule has 16 heavy (non-hydrogen) atoms. The Morgan fingerprint density at radius 2 is 2.06 bits per heavy atom. The summed E-state index contributed by atoms with van der Waals surface area (Å²) >= 11 is 3.01. The lowest BCUT2D eigenvalue weighted by Gasteiger charge is -2.09. The van der Waals surface area contributed by atoms with Gasteiger partial charge in [-0.1, -0.05) is 0 Å². The van der Waals surface area contributed by atoms with Gasteiger partial charge in [-0.15, -0.1) is 0 Å². The minimum absolute atomic E-state index is 0.0377. The number of esters is 1. The Bertz CT molecular complexity index is 406. The van der Waals surface area contributed by atoms with E-state index in [1.807, 2.05) is 0 Å². The highest BCUT2D eigenvalue weighted by atomic mass is 79.9. The maximum Gasteiger partial charge on any atom is 0.422 e. The quantitative estimate of drug-likeness (QED) is 0.674. The summed E-state index contributed by atoms with van der Waals surface area (Å²) < 4.78 is 39.8. The third-order valence-electron chi connectivity index (χ3n) is 1.58. The monoisotopic (exact) mass is 297 g/mol. The van der Waals surface area contributed by atoms with Crippen molar-refractivity contribution in [3.8, 4) is 0 Å². The molecule has 3 nitrogen and oxygen atoms in total. The first kappa shape index (κ1) is 12.8. The summed E-state index contributed by atoms with van der Waals surface area (Å²) in [7, 11) is 0. The molecule has 0 aliphatic carbocycles. The summed E-state index contributed by atoms with van der Waals surface area (Å²) in [6.07, 6.45) is -4.54. The van der Waals surface area contributed by atoms with Gasteiger partial charge in [-0.3, -0.25) is 0 Å². The Balaban J connectivity index is 2.77. The van der Waals surface area contributed by atoms with E-state index < -0.39 is 18.8 Å². The van der Waals surface area contributed by atoms with Gasteiger partial charge in [0, 0.05) is 10.2 Å². The molecule has 1 aromatic rings. The first-order valence-corrected chi connectivity index (χ1v) is 4.88. The Morgan fingerprint density at radius 1 is 1.44 bits per heavy atom. The molecule has 2 N–H and O–H groups in total. The molecule has 0 saturated carbocycles. The predicted molar refractivity (Wildman–Crippen MR) is 54.9 cm³/mol. The van der Waals surface area contributed by atoms with Crippen molar-refractivity contribution >= 4 is 27.6 Å². The van der Waals surface area contributed by atoms with E-state index in [9.17, 15) is 18.0 Å². The van der Waals surface area contributed by atoms with Crippen LogP contribution in [-0.2, 0) is 4.74 Å². The molecule has 0 spiro atoms. The molecular weight excluding hydrogens is 291 g/mol. The topological polar surface area (TPSA) is 52.3 Å². The van der Waals surface area contributed by atoms with E-state index >= 15 is 0 Å². The highest BCUT2D eigenvalue weighted by molar-refractivity contribution is 9.10. The highest BCUT2D eigenvalue weighted by Gasteiger charge is 2.30. The van der Waals surface area contributed by atoms with E-state index in [0.29, 0.717) is 4.47 Å². The molecule has 0 aromatic heterocycles. The number of carbonyl (C=O) groups is 1. The number of benzene rings is 1. The number of hydrogen-bond donors (Lipinski definition) is 1. The molecule has 0 fully saturated rings. The molecule has 7 heteroatoms. The van der Waals surface area contributed by atoms with Crippen LogP contribution in [0.25, 0.3) is 0 Å². The van der Waals surface area contributed by atoms with Gasteiger partial charge in [0.25, 0.3) is 0 Å². The largest absolute Gasteiger partial charge is 0.452 e. The van der Waals surface area contributed by atoms with Crippen LogP contribution in [0.15, 0.2) is 22.7 Å². The lowest BCUT2D eigenvalue weighted by molar-refractivity contribution is -0.161. The zero-order chi connectivity index (χ0) is 12.3. The number of anilines is 1. The predicted octanol–water partition coefficient (Wildman–Crippen LogP) is 2.75. The molecule has 0 aliphatic rings. The number of hydrogen-bond acceptors (Lipinski definition) is 3. The fourth-order valence-electron chi connectivity index (χ4n) is 0.924. The molecular formula is C9H7BrF3NO2. The molecule has 0 radical (unpaired) electrons. The minimum atomic E-state index is -4.54. The molecule has 0 aliphatic heterocycles. The van der Waals surface area contributed by atoms with Gasteiger partial charge in [-0.2, -0.15) is 13.2 Å². The van der Waals surface area contributed by atoms with Crippen LogP contribution in [0.1, 0.15) is 10.4 Å². The van der Waals surface area contributed by atoms with Crippen molar-refractivity contribution in [2.24, 2.45) is 0 Å². The van der Waals surface area contributed by atoms with Gasteiger partial charge < -0.3 is 10.5 Å². The van der Waals surface area contributed by atoms with Crippen LogP contribution < -0.4 is 5.73 Å². The average Bonchev–Trinajstić information content (AvgIpc) is 2.17. The first-order valence-electron chi connectivity index (χ1n) is 4.08. The molecule has 0 amide bonds. The third kappa shape index (κ3) is 3.73. The van der Waals surface area contributed by atoms with E-state index in [-0.39, 0.29) is 11.3 Å². The second kappa shape index (κ2) is 4.73. The molecule has 0 atom stereocenters. The molecule has 0 unspecified atom stereocenters. The van der Waals surface area contributed by atoms with Crippen molar-refractivity contribution in [2.45, 2.75) is 6.18 Å². The Morgan fingerprint density at radius 3 is 2.62 bits per heavy atom. The van der Waals surface area contributed by atoms with E-state index in [0.717, 1.165) is 0 Å².